The summed E-state index contributed by atoms with van der Waals surface area (Å²) in [6.45, 7) is 3.07. The number of esters is 1. The Kier molecular flexibility index (Phi) is 4.88. The van der Waals surface area contributed by atoms with E-state index >= 15 is 0 Å². The average Bonchev–Trinajstić information content (AvgIpc) is 2.45. The summed E-state index contributed by atoms with van der Waals surface area (Å²) < 4.78 is 5.65. The summed E-state index contributed by atoms with van der Waals surface area (Å²) in [6.07, 6.45) is 0.524. The van der Waals surface area contributed by atoms with E-state index in [1.54, 1.807) is 0 Å². The minimum atomic E-state index is -0.312. The Bertz CT molecular complexity index is 405. The molecule has 0 bridgehead atoms. The Labute approximate surface area is 105 Å². The second-order valence-corrected chi connectivity index (χ2v) is 5.33. The fourth-order valence-corrected chi connectivity index (χ4v) is 2.52. The zero-order valence-corrected chi connectivity index (χ0v) is 11.3. The van der Waals surface area contributed by atoms with Crippen molar-refractivity contribution in [1.29, 1.82) is 0 Å². The quantitative estimate of drug-likeness (QED) is 0.864. The van der Waals surface area contributed by atoms with Gasteiger partial charge in [0.15, 0.2) is 5.13 Å². The number of nitrogens with zero attached hydrogens (tertiary/aromatic N) is 1. The smallest absolute Gasteiger partial charge is 0.302 e. The molecule has 16 heavy (non-hydrogen) atoms. The number of hydrogen-bond acceptors (Lipinski definition) is 5. The topological polar surface area (TPSA) is 68.3 Å². The Morgan fingerprint density at radius 1 is 1.50 bits per heavy atom. The second kappa shape index (κ2) is 5.95. The van der Waals surface area contributed by atoms with Gasteiger partial charge in [-0.1, -0.05) is 11.3 Å². The molecule has 0 aliphatic rings. The maximum absolute atomic E-state index is 10.8. The van der Waals surface area contributed by atoms with Crippen molar-refractivity contribution in [3.05, 3.63) is 9.48 Å². The van der Waals surface area contributed by atoms with Crippen LogP contribution in [0.4, 0.5) is 5.13 Å². The molecule has 0 saturated heterocycles. The molecule has 1 aromatic rings. The van der Waals surface area contributed by atoms with E-state index in [9.17, 15) is 9.59 Å². The molecule has 0 saturated carbocycles. The van der Waals surface area contributed by atoms with Gasteiger partial charge in [0.25, 0.3) is 0 Å². The predicted molar refractivity (Wildman–Crippen MR) is 64.5 cm³/mol. The maximum Gasteiger partial charge on any atom is 0.302 e. The van der Waals surface area contributed by atoms with Crippen molar-refractivity contribution in [3.63, 3.8) is 0 Å². The molecule has 0 aliphatic heterocycles. The molecule has 0 aromatic carbocycles. The second-order valence-electron chi connectivity index (χ2n) is 3.01. The fourth-order valence-electron chi connectivity index (χ4n) is 0.983. The number of carbonyl (C=O) groups is 2. The minimum Gasteiger partial charge on any atom is -0.465 e. The number of halogens is 1. The number of hydrogen-bond donors (Lipinski definition) is 1. The van der Waals surface area contributed by atoms with Crippen molar-refractivity contribution in [1.82, 2.24) is 4.98 Å². The van der Waals surface area contributed by atoms with Crippen molar-refractivity contribution in [2.24, 2.45) is 0 Å². The predicted octanol–water partition coefficient (Wildman–Crippen LogP) is 1.97. The third-order valence-corrected chi connectivity index (χ3v) is 3.32. The van der Waals surface area contributed by atoms with Gasteiger partial charge < -0.3 is 10.1 Å². The van der Waals surface area contributed by atoms with Crippen LogP contribution in [-0.2, 0) is 20.7 Å². The van der Waals surface area contributed by atoms with Gasteiger partial charge >= 0.3 is 5.97 Å². The molecule has 0 fully saturated rings. The molecule has 5 nitrogen and oxygen atoms in total. The van der Waals surface area contributed by atoms with Gasteiger partial charge in [-0.25, -0.2) is 4.98 Å². The van der Waals surface area contributed by atoms with Gasteiger partial charge in [-0.3, -0.25) is 9.59 Å². The SMILES string of the molecule is CC(=O)Nc1nc(CCOC(C)=O)c(Br)s1. The van der Waals surface area contributed by atoms with E-state index in [2.05, 4.69) is 26.2 Å². The molecule has 1 rings (SSSR count). The number of aromatic nitrogens is 1. The molecule has 0 unspecified atom stereocenters. The highest BCUT2D eigenvalue weighted by Crippen LogP contribution is 2.28. The molecule has 1 aromatic heterocycles. The molecular formula is C9H11BrN2O3S. The molecule has 0 atom stereocenters. The lowest BCUT2D eigenvalue weighted by atomic mass is 10.4. The van der Waals surface area contributed by atoms with E-state index < -0.39 is 0 Å². The Morgan fingerprint density at radius 3 is 2.75 bits per heavy atom. The van der Waals surface area contributed by atoms with Crippen LogP contribution in [0.5, 0.6) is 0 Å². The van der Waals surface area contributed by atoms with E-state index in [0.29, 0.717) is 11.6 Å². The van der Waals surface area contributed by atoms with Crippen LogP contribution in [0, 0.1) is 0 Å². The molecule has 0 spiro atoms. The van der Waals surface area contributed by atoms with E-state index in [4.69, 9.17) is 4.74 Å². The lowest BCUT2D eigenvalue weighted by Crippen LogP contribution is -2.06. The number of amides is 1. The van der Waals surface area contributed by atoms with Crippen LogP contribution in [0.25, 0.3) is 0 Å². The van der Waals surface area contributed by atoms with E-state index in [0.717, 1.165) is 9.48 Å². The Balaban J connectivity index is 2.56. The van der Waals surface area contributed by atoms with Gasteiger partial charge in [0, 0.05) is 20.3 Å². The summed E-state index contributed by atoms with van der Waals surface area (Å²) in [7, 11) is 0. The van der Waals surface area contributed by atoms with Gasteiger partial charge in [0.05, 0.1) is 16.1 Å². The third kappa shape index (κ3) is 4.28. The van der Waals surface area contributed by atoms with Gasteiger partial charge in [0.1, 0.15) is 0 Å². The van der Waals surface area contributed by atoms with Crippen LogP contribution in [0.3, 0.4) is 0 Å². The van der Waals surface area contributed by atoms with Crippen molar-refractivity contribution in [3.8, 4) is 0 Å². The summed E-state index contributed by atoms with van der Waals surface area (Å²) >= 11 is 4.67. The highest BCUT2D eigenvalue weighted by atomic mass is 79.9. The lowest BCUT2D eigenvalue weighted by molar-refractivity contribution is -0.140. The zero-order valence-electron chi connectivity index (χ0n) is 8.87. The van der Waals surface area contributed by atoms with E-state index in [-0.39, 0.29) is 18.5 Å². The minimum absolute atomic E-state index is 0.159. The highest BCUT2D eigenvalue weighted by Gasteiger charge is 2.10. The lowest BCUT2D eigenvalue weighted by Gasteiger charge is -1.99. The average molecular weight is 307 g/mol. The monoisotopic (exact) mass is 306 g/mol. The van der Waals surface area contributed by atoms with Gasteiger partial charge in [0.2, 0.25) is 5.91 Å². The molecule has 0 radical (unpaired) electrons. The molecule has 7 heteroatoms. The first kappa shape index (κ1) is 13.1. The molecule has 0 aliphatic carbocycles. The van der Waals surface area contributed by atoms with Crippen LogP contribution >= 0.6 is 27.3 Å². The van der Waals surface area contributed by atoms with Gasteiger partial charge in [-0.2, -0.15) is 0 Å². The molecule has 88 valence electrons. The molecular weight excluding hydrogens is 296 g/mol. The first-order valence-electron chi connectivity index (χ1n) is 4.55. The van der Waals surface area contributed by atoms with Crippen molar-refractivity contribution < 1.29 is 14.3 Å². The van der Waals surface area contributed by atoms with Crippen LogP contribution < -0.4 is 5.32 Å². The first-order valence-corrected chi connectivity index (χ1v) is 6.16. The first-order chi connectivity index (χ1) is 7.49. The summed E-state index contributed by atoms with van der Waals surface area (Å²) in [5.41, 5.74) is 0.773. The number of ether oxygens (including phenoxy) is 1. The summed E-state index contributed by atoms with van der Waals surface area (Å²) in [6, 6.07) is 0. The number of nitrogens with one attached hydrogen (secondary N) is 1. The number of thiazole rings is 1. The number of anilines is 1. The standard InChI is InChI=1S/C9H11BrN2O3S/c1-5(13)11-9-12-7(8(10)16-9)3-4-15-6(2)14/h3-4H2,1-2H3,(H,11,12,13). The molecule has 1 N–H and O–H groups in total. The summed E-state index contributed by atoms with van der Waals surface area (Å²) in [5.74, 6) is -0.471. The number of carbonyl (C=O) groups excluding carboxylic acids is 2. The Hall–Kier alpha value is -0.950. The van der Waals surface area contributed by atoms with Crippen molar-refractivity contribution in [2.75, 3.05) is 11.9 Å². The summed E-state index contributed by atoms with van der Waals surface area (Å²) in [5, 5.41) is 3.13. The van der Waals surface area contributed by atoms with Gasteiger partial charge in [-0.05, 0) is 15.9 Å². The Morgan fingerprint density at radius 2 is 2.19 bits per heavy atom. The third-order valence-electron chi connectivity index (χ3n) is 1.58. The number of rotatable bonds is 4. The van der Waals surface area contributed by atoms with Crippen molar-refractivity contribution in [2.45, 2.75) is 20.3 Å². The summed E-state index contributed by atoms with van der Waals surface area (Å²) in [4.78, 5) is 25.6. The molecule has 1 heterocycles. The van der Waals surface area contributed by atoms with Crippen LogP contribution in [-0.4, -0.2) is 23.5 Å². The van der Waals surface area contributed by atoms with Gasteiger partial charge in [-0.15, -0.1) is 0 Å². The van der Waals surface area contributed by atoms with Crippen LogP contribution in [0.1, 0.15) is 19.5 Å². The van der Waals surface area contributed by atoms with Crippen LogP contribution in [0.15, 0.2) is 3.79 Å². The largest absolute Gasteiger partial charge is 0.465 e. The van der Waals surface area contributed by atoms with E-state index in [1.807, 2.05) is 0 Å². The highest BCUT2D eigenvalue weighted by molar-refractivity contribution is 9.11. The maximum atomic E-state index is 10.8. The fraction of sp³-hybridized carbons (Fsp3) is 0.444. The molecule has 1 amide bonds. The zero-order chi connectivity index (χ0) is 12.1. The van der Waals surface area contributed by atoms with Crippen molar-refractivity contribution >= 4 is 44.3 Å². The normalized spacial score (nSPS) is 9.94. The van der Waals surface area contributed by atoms with Crippen LogP contribution in [0.2, 0.25) is 0 Å². The van der Waals surface area contributed by atoms with E-state index in [1.165, 1.54) is 25.2 Å².